The van der Waals surface area contributed by atoms with E-state index in [1.165, 1.54) is 4.31 Å². The number of nitrogens with one attached hydrogen (secondary N) is 1. The van der Waals surface area contributed by atoms with Gasteiger partial charge in [0.05, 0.1) is 11.3 Å². The van der Waals surface area contributed by atoms with E-state index in [1.54, 1.807) is 0 Å². The van der Waals surface area contributed by atoms with E-state index in [9.17, 15) is 17.6 Å². The summed E-state index contributed by atoms with van der Waals surface area (Å²) in [7, 11) is -3.91. The number of nitrogens with zero attached hydrogens (tertiary/aromatic N) is 1. The van der Waals surface area contributed by atoms with Crippen LogP contribution < -0.4 is 4.72 Å². The molecule has 0 amide bonds. The number of aromatic carboxylic acids is 1. The molecule has 118 valence electrons. The molecule has 21 heavy (non-hydrogen) atoms. The van der Waals surface area contributed by atoms with E-state index in [-0.39, 0.29) is 11.3 Å². The fraction of sp³-hybridized carbons (Fsp3) is 0.462. The molecule has 0 saturated carbocycles. The Labute approximate surface area is 123 Å². The molecule has 0 atom stereocenters. The Bertz CT molecular complexity index is 598. The van der Waals surface area contributed by atoms with Crippen molar-refractivity contribution in [1.29, 1.82) is 0 Å². The third kappa shape index (κ3) is 4.68. The number of hydrogen-bond acceptors (Lipinski definition) is 3. The van der Waals surface area contributed by atoms with Gasteiger partial charge in [-0.2, -0.15) is 12.7 Å². The van der Waals surface area contributed by atoms with E-state index >= 15 is 0 Å². The Morgan fingerprint density at radius 1 is 1.29 bits per heavy atom. The van der Waals surface area contributed by atoms with Crippen molar-refractivity contribution >= 4 is 21.9 Å². The second-order valence-electron chi connectivity index (χ2n) is 4.51. The predicted molar refractivity (Wildman–Crippen MR) is 78.1 cm³/mol. The molecule has 6 nitrogen and oxygen atoms in total. The molecule has 0 aliphatic carbocycles. The SMILES string of the molecule is CCCN(CCC)S(=O)(=O)Nc1cc(C(=O)O)ccc1F. The highest BCUT2D eigenvalue weighted by atomic mass is 32.2. The van der Waals surface area contributed by atoms with E-state index in [2.05, 4.69) is 4.72 Å². The number of halogens is 1. The molecule has 1 aromatic rings. The van der Waals surface area contributed by atoms with Crippen LogP contribution in [-0.2, 0) is 10.2 Å². The van der Waals surface area contributed by atoms with Gasteiger partial charge in [-0.05, 0) is 31.0 Å². The van der Waals surface area contributed by atoms with Gasteiger partial charge in [0.1, 0.15) is 5.82 Å². The van der Waals surface area contributed by atoms with Gasteiger partial charge in [-0.3, -0.25) is 4.72 Å². The largest absolute Gasteiger partial charge is 0.478 e. The first kappa shape index (κ1) is 17.4. The summed E-state index contributed by atoms with van der Waals surface area (Å²) in [6.45, 7) is 4.29. The van der Waals surface area contributed by atoms with Gasteiger partial charge in [0.2, 0.25) is 0 Å². The van der Waals surface area contributed by atoms with E-state index in [0.29, 0.717) is 25.9 Å². The minimum atomic E-state index is -3.91. The predicted octanol–water partition coefficient (Wildman–Crippen LogP) is 2.30. The number of benzene rings is 1. The summed E-state index contributed by atoms with van der Waals surface area (Å²) in [4.78, 5) is 10.9. The Morgan fingerprint density at radius 2 is 1.86 bits per heavy atom. The van der Waals surface area contributed by atoms with Crippen LogP contribution in [0, 0.1) is 5.82 Å². The smallest absolute Gasteiger partial charge is 0.335 e. The zero-order chi connectivity index (χ0) is 16.0. The van der Waals surface area contributed by atoms with Crippen molar-refractivity contribution in [2.24, 2.45) is 0 Å². The lowest BCUT2D eigenvalue weighted by molar-refractivity contribution is 0.0697. The normalized spacial score (nSPS) is 11.6. The lowest BCUT2D eigenvalue weighted by Gasteiger charge is -2.22. The van der Waals surface area contributed by atoms with E-state index in [4.69, 9.17) is 5.11 Å². The zero-order valence-corrected chi connectivity index (χ0v) is 12.8. The van der Waals surface area contributed by atoms with Crippen LogP contribution in [0.4, 0.5) is 10.1 Å². The molecular weight excluding hydrogens is 299 g/mol. The zero-order valence-electron chi connectivity index (χ0n) is 12.0. The summed E-state index contributed by atoms with van der Waals surface area (Å²) in [5.74, 6) is -2.08. The molecule has 0 aromatic heterocycles. The number of rotatable bonds is 8. The lowest BCUT2D eigenvalue weighted by atomic mass is 10.2. The highest BCUT2D eigenvalue weighted by Crippen LogP contribution is 2.19. The molecule has 0 saturated heterocycles. The molecule has 0 bridgehead atoms. The Kier molecular flexibility index (Phi) is 6.10. The first-order valence-electron chi connectivity index (χ1n) is 6.62. The summed E-state index contributed by atoms with van der Waals surface area (Å²) in [6.07, 6.45) is 1.25. The van der Waals surface area contributed by atoms with Crippen LogP contribution in [-0.4, -0.2) is 36.9 Å². The molecule has 0 fully saturated rings. The van der Waals surface area contributed by atoms with Gasteiger partial charge < -0.3 is 5.11 Å². The van der Waals surface area contributed by atoms with Gasteiger partial charge in [0.15, 0.2) is 0 Å². The second-order valence-corrected chi connectivity index (χ2v) is 6.18. The summed E-state index contributed by atoms with van der Waals surface area (Å²) < 4.78 is 41.4. The second kappa shape index (κ2) is 7.37. The third-order valence-electron chi connectivity index (χ3n) is 2.74. The summed E-state index contributed by atoms with van der Waals surface area (Å²) in [6, 6.07) is 2.96. The summed E-state index contributed by atoms with van der Waals surface area (Å²) >= 11 is 0. The number of carboxylic acid groups (broad SMARTS) is 1. The van der Waals surface area contributed by atoms with Gasteiger partial charge >= 0.3 is 16.2 Å². The lowest BCUT2D eigenvalue weighted by Crippen LogP contribution is -2.37. The topological polar surface area (TPSA) is 86.7 Å². The maximum atomic E-state index is 13.7. The summed E-state index contributed by atoms with van der Waals surface area (Å²) in [5.41, 5.74) is -0.557. The molecular formula is C13H19FN2O4S. The molecule has 2 N–H and O–H groups in total. The van der Waals surface area contributed by atoms with Crippen LogP contribution >= 0.6 is 0 Å². The fourth-order valence-electron chi connectivity index (χ4n) is 1.79. The quantitative estimate of drug-likeness (QED) is 0.770. The van der Waals surface area contributed by atoms with Crippen molar-refractivity contribution in [1.82, 2.24) is 4.31 Å². The molecule has 0 unspecified atom stereocenters. The number of hydrogen-bond donors (Lipinski definition) is 2. The van der Waals surface area contributed by atoms with Crippen molar-refractivity contribution in [3.63, 3.8) is 0 Å². The van der Waals surface area contributed by atoms with Gasteiger partial charge in [-0.1, -0.05) is 13.8 Å². The molecule has 0 aliphatic heterocycles. The van der Waals surface area contributed by atoms with Crippen molar-refractivity contribution in [3.8, 4) is 0 Å². The van der Waals surface area contributed by atoms with Gasteiger partial charge in [-0.15, -0.1) is 0 Å². The van der Waals surface area contributed by atoms with Crippen molar-refractivity contribution in [2.45, 2.75) is 26.7 Å². The number of carboxylic acids is 1. The van der Waals surface area contributed by atoms with Gasteiger partial charge in [0.25, 0.3) is 0 Å². The van der Waals surface area contributed by atoms with E-state index in [1.807, 2.05) is 13.8 Å². The maximum Gasteiger partial charge on any atom is 0.335 e. The Hall–Kier alpha value is -1.67. The molecule has 0 heterocycles. The van der Waals surface area contributed by atoms with Gasteiger partial charge in [0, 0.05) is 13.1 Å². The highest BCUT2D eigenvalue weighted by Gasteiger charge is 2.22. The molecule has 0 aliphatic rings. The van der Waals surface area contributed by atoms with Crippen molar-refractivity contribution in [3.05, 3.63) is 29.6 Å². The van der Waals surface area contributed by atoms with Crippen molar-refractivity contribution < 1.29 is 22.7 Å². The number of anilines is 1. The van der Waals surface area contributed by atoms with Crippen LogP contribution in [0.2, 0.25) is 0 Å². The minimum absolute atomic E-state index is 0.188. The molecule has 0 spiro atoms. The molecule has 8 heteroatoms. The standard InChI is InChI=1S/C13H19FN2O4S/c1-3-7-16(8-4-2)21(19,20)15-12-9-10(13(17)18)5-6-11(12)14/h5-6,9,15H,3-4,7-8H2,1-2H3,(H,17,18). The summed E-state index contributed by atoms with van der Waals surface area (Å²) in [5, 5.41) is 8.87. The third-order valence-corrected chi connectivity index (χ3v) is 4.26. The van der Waals surface area contributed by atoms with Gasteiger partial charge in [-0.25, -0.2) is 9.18 Å². The van der Waals surface area contributed by atoms with Crippen LogP contribution in [0.3, 0.4) is 0 Å². The van der Waals surface area contributed by atoms with Crippen LogP contribution in [0.5, 0.6) is 0 Å². The van der Waals surface area contributed by atoms with Crippen LogP contribution in [0.25, 0.3) is 0 Å². The first-order valence-corrected chi connectivity index (χ1v) is 8.06. The van der Waals surface area contributed by atoms with Crippen molar-refractivity contribution in [2.75, 3.05) is 17.8 Å². The number of carbonyl (C=O) groups is 1. The van der Waals surface area contributed by atoms with Crippen LogP contribution in [0.15, 0.2) is 18.2 Å². The molecule has 0 radical (unpaired) electrons. The maximum absolute atomic E-state index is 13.7. The van der Waals surface area contributed by atoms with E-state index in [0.717, 1.165) is 18.2 Å². The molecule has 1 aromatic carbocycles. The molecule has 1 rings (SSSR count). The Morgan fingerprint density at radius 3 is 2.33 bits per heavy atom. The average molecular weight is 318 g/mol. The minimum Gasteiger partial charge on any atom is -0.478 e. The Balaban J connectivity index is 3.07. The monoisotopic (exact) mass is 318 g/mol. The van der Waals surface area contributed by atoms with E-state index < -0.39 is 22.0 Å². The fourth-order valence-corrected chi connectivity index (χ4v) is 3.20. The van der Waals surface area contributed by atoms with Crippen LogP contribution in [0.1, 0.15) is 37.0 Å². The highest BCUT2D eigenvalue weighted by molar-refractivity contribution is 7.90. The average Bonchev–Trinajstić information content (AvgIpc) is 2.40. The first-order chi connectivity index (χ1) is 9.81.